The highest BCUT2D eigenvalue weighted by Crippen LogP contribution is 2.31. The van der Waals surface area contributed by atoms with Crippen molar-refractivity contribution in [2.75, 3.05) is 33.0 Å². The molecule has 0 bridgehead atoms. The monoisotopic (exact) mass is 372 g/mol. The predicted octanol–water partition coefficient (Wildman–Crippen LogP) is 6.23. The summed E-state index contributed by atoms with van der Waals surface area (Å²) in [7, 11) is 0. The van der Waals surface area contributed by atoms with Crippen LogP contribution >= 0.6 is 0 Å². The first-order valence-electron chi connectivity index (χ1n) is 11.0. The van der Waals surface area contributed by atoms with Crippen molar-refractivity contribution >= 4 is 0 Å². The van der Waals surface area contributed by atoms with Crippen molar-refractivity contribution in [2.24, 2.45) is 16.2 Å². The highest BCUT2D eigenvalue weighted by atomic mass is 16.5. The van der Waals surface area contributed by atoms with E-state index in [0.717, 1.165) is 45.3 Å². The molecule has 2 unspecified atom stereocenters. The molecule has 0 saturated heterocycles. The average Bonchev–Trinajstić information content (AvgIpc) is 2.62. The molecule has 26 heavy (non-hydrogen) atoms. The van der Waals surface area contributed by atoms with Gasteiger partial charge in [0, 0.05) is 10.8 Å². The third-order valence-corrected chi connectivity index (χ3v) is 5.98. The number of hydrogen-bond donors (Lipinski definition) is 1. The second kappa shape index (κ2) is 13.1. The Kier molecular flexibility index (Phi) is 13.1. The van der Waals surface area contributed by atoms with Crippen LogP contribution in [-0.2, 0) is 9.47 Å². The lowest BCUT2D eigenvalue weighted by Crippen LogP contribution is -2.34. The van der Waals surface area contributed by atoms with Gasteiger partial charge in [-0.2, -0.15) is 0 Å². The Morgan fingerprint density at radius 2 is 1.23 bits per heavy atom. The summed E-state index contributed by atoms with van der Waals surface area (Å²) in [5.41, 5.74) is 0.217. The van der Waals surface area contributed by atoms with Gasteiger partial charge in [-0.05, 0) is 31.1 Å². The van der Waals surface area contributed by atoms with E-state index in [1.54, 1.807) is 0 Å². The number of ether oxygens (including phenoxy) is 2. The molecular formula is C23H48O3. The largest absolute Gasteiger partial charge is 0.396 e. The molecule has 0 fully saturated rings. The zero-order valence-electron chi connectivity index (χ0n) is 19.0. The zero-order chi connectivity index (χ0) is 20.1. The van der Waals surface area contributed by atoms with Crippen LogP contribution in [0.1, 0.15) is 99.8 Å². The maximum absolute atomic E-state index is 9.86. The van der Waals surface area contributed by atoms with Gasteiger partial charge in [-0.1, -0.05) is 74.1 Å². The highest BCUT2D eigenvalue weighted by molar-refractivity contribution is 4.78. The summed E-state index contributed by atoms with van der Waals surface area (Å²) in [6.45, 7) is 18.7. The molecule has 3 nitrogen and oxygen atoms in total. The van der Waals surface area contributed by atoms with Crippen molar-refractivity contribution in [3.63, 3.8) is 0 Å². The smallest absolute Gasteiger partial charge is 0.0544 e. The van der Waals surface area contributed by atoms with Crippen LogP contribution in [0.5, 0.6) is 0 Å². The van der Waals surface area contributed by atoms with Crippen LogP contribution in [0.25, 0.3) is 0 Å². The molecule has 0 aromatic rings. The molecule has 0 spiro atoms. The highest BCUT2D eigenvalue weighted by Gasteiger charge is 2.29. The zero-order valence-corrected chi connectivity index (χ0v) is 19.0. The molecule has 2 atom stereocenters. The van der Waals surface area contributed by atoms with Crippen molar-refractivity contribution < 1.29 is 14.6 Å². The molecule has 0 aromatic carbocycles. The minimum atomic E-state index is -0.0755. The normalized spacial score (nSPS) is 17.1. The van der Waals surface area contributed by atoms with Gasteiger partial charge in [0.2, 0.25) is 0 Å². The van der Waals surface area contributed by atoms with E-state index in [1.807, 2.05) is 0 Å². The van der Waals surface area contributed by atoms with Gasteiger partial charge < -0.3 is 14.6 Å². The van der Waals surface area contributed by atoms with Crippen LogP contribution < -0.4 is 0 Å². The number of rotatable bonds is 17. The third kappa shape index (κ3) is 10.3. The van der Waals surface area contributed by atoms with E-state index in [2.05, 4.69) is 48.5 Å². The van der Waals surface area contributed by atoms with Crippen molar-refractivity contribution in [1.29, 1.82) is 0 Å². The Morgan fingerprint density at radius 1 is 0.692 bits per heavy atom. The van der Waals surface area contributed by atoms with Gasteiger partial charge in [-0.15, -0.1) is 0 Å². The Bertz CT molecular complexity index is 336. The first-order valence-corrected chi connectivity index (χ1v) is 11.0. The van der Waals surface area contributed by atoms with E-state index >= 15 is 0 Å². The molecule has 1 N–H and O–H groups in total. The van der Waals surface area contributed by atoms with Crippen LogP contribution in [0.4, 0.5) is 0 Å². The lowest BCUT2D eigenvalue weighted by molar-refractivity contribution is -0.0605. The molecule has 0 heterocycles. The minimum absolute atomic E-state index is 0.000892. The lowest BCUT2D eigenvalue weighted by atomic mass is 9.81. The molecule has 3 heteroatoms. The number of unbranched alkanes of at least 4 members (excludes halogenated alkanes) is 2. The van der Waals surface area contributed by atoms with E-state index in [1.165, 1.54) is 19.3 Å². The van der Waals surface area contributed by atoms with Crippen LogP contribution in [0, 0.1) is 16.2 Å². The molecule has 0 saturated carbocycles. The molecule has 0 aliphatic heterocycles. The van der Waals surface area contributed by atoms with Gasteiger partial charge in [0.15, 0.2) is 0 Å². The minimum Gasteiger partial charge on any atom is -0.396 e. The quantitative estimate of drug-likeness (QED) is 0.329. The van der Waals surface area contributed by atoms with E-state index in [0.29, 0.717) is 18.6 Å². The van der Waals surface area contributed by atoms with E-state index in [4.69, 9.17) is 9.47 Å². The van der Waals surface area contributed by atoms with Crippen LogP contribution in [0.3, 0.4) is 0 Å². The molecule has 0 aliphatic rings. The fourth-order valence-electron chi connectivity index (χ4n) is 3.25. The molecular weight excluding hydrogens is 324 g/mol. The predicted molar refractivity (Wildman–Crippen MR) is 113 cm³/mol. The van der Waals surface area contributed by atoms with Gasteiger partial charge in [0.05, 0.1) is 33.0 Å². The van der Waals surface area contributed by atoms with Crippen molar-refractivity contribution in [3.8, 4) is 0 Å². The van der Waals surface area contributed by atoms with Crippen LogP contribution in [0.2, 0.25) is 0 Å². The maximum Gasteiger partial charge on any atom is 0.0544 e. The fraction of sp³-hybridized carbons (Fsp3) is 1.00. The lowest BCUT2D eigenvalue weighted by Gasteiger charge is -2.34. The maximum atomic E-state index is 9.86. The molecule has 0 amide bonds. The molecule has 0 rings (SSSR count). The van der Waals surface area contributed by atoms with E-state index < -0.39 is 0 Å². The van der Waals surface area contributed by atoms with Gasteiger partial charge in [0.1, 0.15) is 0 Å². The van der Waals surface area contributed by atoms with E-state index in [9.17, 15) is 5.11 Å². The number of aliphatic hydroxyl groups is 1. The summed E-state index contributed by atoms with van der Waals surface area (Å²) in [5, 5.41) is 9.86. The molecule has 158 valence electrons. The Balaban J connectivity index is 4.35. The van der Waals surface area contributed by atoms with Gasteiger partial charge in [-0.3, -0.25) is 0 Å². The second-order valence-corrected chi connectivity index (χ2v) is 9.53. The molecule has 0 radical (unpaired) electrons. The van der Waals surface area contributed by atoms with Crippen molar-refractivity contribution in [2.45, 2.75) is 99.8 Å². The summed E-state index contributed by atoms with van der Waals surface area (Å²) in [6.07, 6.45) is 9.25. The molecule has 0 aliphatic carbocycles. The number of hydrogen-bond acceptors (Lipinski definition) is 3. The van der Waals surface area contributed by atoms with Crippen LogP contribution in [0.15, 0.2) is 0 Å². The number of aliphatic hydroxyl groups excluding tert-OH is 1. The first kappa shape index (κ1) is 25.9. The standard InChI is InChI=1S/C23H48O3/c1-8-12-14-22(7,10-3)19-25-17-21(5,6)18-26-20-23(11-4,16-24)15-13-9-2/h24H,8-20H2,1-7H3. The SMILES string of the molecule is CCCCC(C)(CC)COCC(C)(C)COCC(CC)(CO)CCCC. The Hall–Kier alpha value is -0.120. The van der Waals surface area contributed by atoms with Crippen molar-refractivity contribution in [1.82, 2.24) is 0 Å². The topological polar surface area (TPSA) is 38.7 Å². The summed E-state index contributed by atoms with van der Waals surface area (Å²) in [5.74, 6) is 0. The summed E-state index contributed by atoms with van der Waals surface area (Å²) in [4.78, 5) is 0. The first-order chi connectivity index (χ1) is 12.2. The van der Waals surface area contributed by atoms with E-state index in [-0.39, 0.29) is 17.4 Å². The van der Waals surface area contributed by atoms with Gasteiger partial charge >= 0.3 is 0 Å². The summed E-state index contributed by atoms with van der Waals surface area (Å²) in [6, 6.07) is 0. The summed E-state index contributed by atoms with van der Waals surface area (Å²) >= 11 is 0. The third-order valence-electron chi connectivity index (χ3n) is 5.98. The fourth-order valence-corrected chi connectivity index (χ4v) is 3.25. The van der Waals surface area contributed by atoms with Gasteiger partial charge in [0.25, 0.3) is 0 Å². The Labute approximate surface area is 164 Å². The van der Waals surface area contributed by atoms with Gasteiger partial charge in [-0.25, -0.2) is 0 Å². The Morgan fingerprint density at radius 3 is 1.69 bits per heavy atom. The average molecular weight is 373 g/mol. The summed E-state index contributed by atoms with van der Waals surface area (Å²) < 4.78 is 12.2. The van der Waals surface area contributed by atoms with Crippen molar-refractivity contribution in [3.05, 3.63) is 0 Å². The molecule has 0 aromatic heterocycles. The van der Waals surface area contributed by atoms with Crippen LogP contribution in [-0.4, -0.2) is 38.1 Å². The second-order valence-electron chi connectivity index (χ2n) is 9.53.